The van der Waals surface area contributed by atoms with Crippen molar-refractivity contribution < 1.29 is 9.47 Å². The molecular weight excluding hydrogens is 493 g/mol. The fraction of sp³-hybridized carbons (Fsp3) is 0.682. The number of aliphatic imine (C=N–C) groups is 1. The van der Waals surface area contributed by atoms with Gasteiger partial charge >= 0.3 is 0 Å². The quantitative estimate of drug-likeness (QED) is 0.291. The summed E-state index contributed by atoms with van der Waals surface area (Å²) in [6.07, 6.45) is 0. The lowest BCUT2D eigenvalue weighted by Gasteiger charge is -2.47. The first-order valence-electron chi connectivity index (χ1n) is 11.0. The van der Waals surface area contributed by atoms with Crippen molar-refractivity contribution in [2.24, 2.45) is 4.99 Å². The SMILES string of the molecule is CCNC(=NCC1CN2CCN1CC2)NC(C)c1ccc(OCC)c(OCC)c1.I. The number of benzene rings is 1. The van der Waals surface area contributed by atoms with Crippen molar-refractivity contribution in [1.29, 1.82) is 0 Å². The topological polar surface area (TPSA) is 61.4 Å². The molecule has 4 rings (SSSR count). The zero-order valence-corrected chi connectivity index (χ0v) is 21.1. The van der Waals surface area contributed by atoms with Gasteiger partial charge in [-0.2, -0.15) is 0 Å². The first-order valence-corrected chi connectivity index (χ1v) is 11.0. The van der Waals surface area contributed by atoms with E-state index in [0.717, 1.165) is 42.7 Å². The smallest absolute Gasteiger partial charge is 0.191 e. The Morgan fingerprint density at radius 3 is 2.40 bits per heavy atom. The van der Waals surface area contributed by atoms with Crippen LogP contribution in [0, 0.1) is 0 Å². The summed E-state index contributed by atoms with van der Waals surface area (Å²) in [7, 11) is 0. The third kappa shape index (κ3) is 6.62. The van der Waals surface area contributed by atoms with Gasteiger partial charge in [0.15, 0.2) is 17.5 Å². The van der Waals surface area contributed by atoms with E-state index < -0.39 is 0 Å². The van der Waals surface area contributed by atoms with Gasteiger partial charge in [0, 0.05) is 45.3 Å². The van der Waals surface area contributed by atoms with Gasteiger partial charge in [-0.1, -0.05) is 6.07 Å². The third-order valence-corrected chi connectivity index (χ3v) is 5.62. The minimum Gasteiger partial charge on any atom is -0.490 e. The Hall–Kier alpha value is -1.26. The Morgan fingerprint density at radius 2 is 1.80 bits per heavy atom. The molecule has 2 unspecified atom stereocenters. The summed E-state index contributed by atoms with van der Waals surface area (Å²) in [4.78, 5) is 10.0. The molecule has 7 nitrogen and oxygen atoms in total. The van der Waals surface area contributed by atoms with E-state index in [2.05, 4.69) is 46.4 Å². The number of guanidine groups is 1. The van der Waals surface area contributed by atoms with E-state index in [4.69, 9.17) is 14.5 Å². The molecule has 1 aromatic rings. The van der Waals surface area contributed by atoms with Crippen LogP contribution in [0.25, 0.3) is 0 Å². The first kappa shape index (κ1) is 25.0. The zero-order chi connectivity index (χ0) is 20.6. The summed E-state index contributed by atoms with van der Waals surface area (Å²) in [5, 5.41) is 6.94. The second-order valence-electron chi connectivity index (χ2n) is 7.65. The van der Waals surface area contributed by atoms with Crippen LogP contribution in [-0.2, 0) is 0 Å². The number of rotatable bonds is 9. The number of hydrogen-bond acceptors (Lipinski definition) is 5. The lowest BCUT2D eigenvalue weighted by Crippen LogP contribution is -2.62. The van der Waals surface area contributed by atoms with Crippen molar-refractivity contribution in [2.75, 3.05) is 59.0 Å². The number of nitrogens with zero attached hydrogens (tertiary/aromatic N) is 3. The van der Waals surface area contributed by atoms with Gasteiger partial charge in [0.25, 0.3) is 0 Å². The number of hydrogen-bond donors (Lipinski definition) is 2. The molecule has 3 aliphatic rings. The van der Waals surface area contributed by atoms with Crippen LogP contribution >= 0.6 is 24.0 Å². The van der Waals surface area contributed by atoms with E-state index in [1.165, 1.54) is 26.2 Å². The molecule has 30 heavy (non-hydrogen) atoms. The molecule has 3 fully saturated rings. The molecule has 0 aliphatic carbocycles. The van der Waals surface area contributed by atoms with Crippen LogP contribution in [0.4, 0.5) is 0 Å². The van der Waals surface area contributed by atoms with Crippen LogP contribution in [0.15, 0.2) is 23.2 Å². The molecule has 3 heterocycles. The molecule has 3 saturated heterocycles. The van der Waals surface area contributed by atoms with Gasteiger partial charge in [-0.3, -0.25) is 14.8 Å². The maximum absolute atomic E-state index is 5.78. The van der Waals surface area contributed by atoms with E-state index in [-0.39, 0.29) is 30.0 Å². The van der Waals surface area contributed by atoms with E-state index >= 15 is 0 Å². The Morgan fingerprint density at radius 1 is 1.10 bits per heavy atom. The highest BCUT2D eigenvalue weighted by molar-refractivity contribution is 14.0. The Kier molecular flexibility index (Phi) is 10.5. The standard InChI is InChI=1S/C22H37N5O2.HI/c1-5-23-22(24-15-19-16-26-10-12-27(19)13-11-26)25-17(4)18-8-9-20(28-6-2)21(14-18)29-7-3;/h8-9,14,17,19H,5-7,10-13,15-16H2,1-4H3,(H2,23,24,25);1H. The van der Waals surface area contributed by atoms with Gasteiger partial charge in [-0.05, 0) is 45.4 Å². The van der Waals surface area contributed by atoms with Crippen LogP contribution in [0.3, 0.4) is 0 Å². The van der Waals surface area contributed by atoms with Gasteiger partial charge in [-0.25, -0.2) is 0 Å². The zero-order valence-electron chi connectivity index (χ0n) is 18.8. The predicted octanol–water partition coefficient (Wildman–Crippen LogP) is 2.72. The van der Waals surface area contributed by atoms with Crippen molar-refractivity contribution >= 4 is 29.9 Å². The van der Waals surface area contributed by atoms with Gasteiger partial charge in [-0.15, -0.1) is 24.0 Å². The van der Waals surface area contributed by atoms with Gasteiger partial charge in [0.05, 0.1) is 25.8 Å². The summed E-state index contributed by atoms with van der Waals surface area (Å²) in [5.74, 6) is 2.45. The number of fused-ring (bicyclic) bond motifs is 3. The minimum atomic E-state index is 0. The third-order valence-electron chi connectivity index (χ3n) is 5.62. The molecule has 0 radical (unpaired) electrons. The Bertz CT molecular complexity index is 679. The van der Waals surface area contributed by atoms with E-state index in [9.17, 15) is 0 Å². The summed E-state index contributed by atoms with van der Waals surface area (Å²) >= 11 is 0. The van der Waals surface area contributed by atoms with Crippen molar-refractivity contribution in [3.63, 3.8) is 0 Å². The number of ether oxygens (including phenoxy) is 2. The largest absolute Gasteiger partial charge is 0.490 e. The number of nitrogens with one attached hydrogen (secondary N) is 2. The van der Waals surface area contributed by atoms with Crippen LogP contribution in [-0.4, -0.2) is 80.8 Å². The highest BCUT2D eigenvalue weighted by atomic mass is 127. The average molecular weight is 531 g/mol. The van der Waals surface area contributed by atoms with E-state index in [1.54, 1.807) is 0 Å². The molecule has 8 heteroatoms. The molecule has 2 bridgehead atoms. The molecule has 0 aromatic heterocycles. The highest BCUT2D eigenvalue weighted by Gasteiger charge is 2.31. The number of halogens is 1. The fourth-order valence-electron chi connectivity index (χ4n) is 4.04. The molecule has 2 atom stereocenters. The van der Waals surface area contributed by atoms with Crippen molar-refractivity contribution in [3.8, 4) is 11.5 Å². The monoisotopic (exact) mass is 531 g/mol. The second-order valence-corrected chi connectivity index (χ2v) is 7.65. The molecule has 1 aromatic carbocycles. The van der Waals surface area contributed by atoms with Crippen molar-refractivity contribution in [1.82, 2.24) is 20.4 Å². The minimum absolute atomic E-state index is 0. The molecule has 2 N–H and O–H groups in total. The molecule has 0 saturated carbocycles. The summed E-state index contributed by atoms with van der Waals surface area (Å²) in [5.41, 5.74) is 1.15. The van der Waals surface area contributed by atoms with E-state index in [1.807, 2.05) is 19.9 Å². The predicted molar refractivity (Wildman–Crippen MR) is 134 cm³/mol. The molecule has 3 aliphatic heterocycles. The van der Waals surface area contributed by atoms with Crippen LogP contribution < -0.4 is 20.1 Å². The maximum atomic E-state index is 5.78. The van der Waals surface area contributed by atoms with Crippen LogP contribution in [0.5, 0.6) is 11.5 Å². The summed E-state index contributed by atoms with van der Waals surface area (Å²) in [6.45, 7) is 17.0. The normalized spacial score (nSPS) is 24.0. The average Bonchev–Trinajstić information content (AvgIpc) is 2.74. The maximum Gasteiger partial charge on any atom is 0.191 e. The first-order chi connectivity index (χ1) is 14.1. The van der Waals surface area contributed by atoms with E-state index in [0.29, 0.717) is 19.3 Å². The van der Waals surface area contributed by atoms with Gasteiger partial charge in [0.1, 0.15) is 0 Å². The molecular formula is C22H38IN5O2. The van der Waals surface area contributed by atoms with Gasteiger partial charge in [0.2, 0.25) is 0 Å². The highest BCUT2D eigenvalue weighted by Crippen LogP contribution is 2.30. The number of piperazine rings is 3. The molecule has 0 amide bonds. The molecule has 0 spiro atoms. The Labute approximate surface area is 198 Å². The summed E-state index contributed by atoms with van der Waals surface area (Å²) < 4.78 is 11.5. The lowest BCUT2D eigenvalue weighted by atomic mass is 10.1. The second kappa shape index (κ2) is 12.6. The lowest BCUT2D eigenvalue weighted by molar-refractivity contribution is 0.0174. The molecule has 170 valence electrons. The van der Waals surface area contributed by atoms with Crippen LogP contribution in [0.2, 0.25) is 0 Å². The Balaban J connectivity index is 0.00000320. The van der Waals surface area contributed by atoms with Crippen molar-refractivity contribution in [3.05, 3.63) is 23.8 Å². The summed E-state index contributed by atoms with van der Waals surface area (Å²) in [6, 6.07) is 6.78. The van der Waals surface area contributed by atoms with Crippen LogP contribution in [0.1, 0.15) is 39.3 Å². The fourth-order valence-corrected chi connectivity index (χ4v) is 4.04. The van der Waals surface area contributed by atoms with Crippen molar-refractivity contribution in [2.45, 2.75) is 39.8 Å². The van der Waals surface area contributed by atoms with Gasteiger partial charge < -0.3 is 20.1 Å².